The van der Waals surface area contributed by atoms with Crippen LogP contribution in [0.25, 0.3) is 10.2 Å². The fourth-order valence-electron chi connectivity index (χ4n) is 1.90. The van der Waals surface area contributed by atoms with E-state index in [1.165, 1.54) is 0 Å². The number of fused-ring (bicyclic) bond motifs is 1. The zero-order valence-electron chi connectivity index (χ0n) is 11.6. The van der Waals surface area contributed by atoms with Crippen molar-refractivity contribution in [2.45, 2.75) is 10.8 Å². The van der Waals surface area contributed by atoms with Crippen molar-refractivity contribution >= 4 is 39.2 Å². The molecule has 3 rings (SSSR count). The van der Waals surface area contributed by atoms with E-state index in [2.05, 4.69) is 9.97 Å². The minimum atomic E-state index is -0.485. The van der Waals surface area contributed by atoms with E-state index >= 15 is 0 Å². The number of primary amides is 1. The van der Waals surface area contributed by atoms with Gasteiger partial charge in [-0.2, -0.15) is 0 Å². The van der Waals surface area contributed by atoms with Gasteiger partial charge in [0.25, 0.3) is 5.91 Å². The van der Waals surface area contributed by atoms with Crippen LogP contribution < -0.4 is 10.5 Å². The van der Waals surface area contributed by atoms with E-state index < -0.39 is 5.91 Å². The Morgan fingerprint density at radius 1 is 1.32 bits per heavy atom. The smallest absolute Gasteiger partial charge is 0.255 e. The normalized spacial score (nSPS) is 10.7. The van der Waals surface area contributed by atoms with Gasteiger partial charge < -0.3 is 10.5 Å². The summed E-state index contributed by atoms with van der Waals surface area (Å²) in [6, 6.07) is 9.61. The number of ether oxygens (including phenoxy) is 1. The monoisotopic (exact) mass is 331 g/mol. The molecule has 0 fully saturated rings. The van der Waals surface area contributed by atoms with Crippen molar-refractivity contribution in [1.29, 1.82) is 0 Å². The molecule has 5 nitrogen and oxygen atoms in total. The Labute approximate surface area is 135 Å². The topological polar surface area (TPSA) is 78.1 Å². The molecule has 0 spiro atoms. The summed E-state index contributed by atoms with van der Waals surface area (Å²) in [4.78, 5) is 19.3. The average molecular weight is 331 g/mol. The van der Waals surface area contributed by atoms with E-state index in [1.54, 1.807) is 35.5 Å². The molecule has 2 heterocycles. The summed E-state index contributed by atoms with van der Waals surface area (Å²) in [6.07, 6.45) is 1.59. The number of amides is 1. The van der Waals surface area contributed by atoms with Gasteiger partial charge in [0.1, 0.15) is 17.1 Å². The van der Waals surface area contributed by atoms with Gasteiger partial charge in [-0.3, -0.25) is 4.79 Å². The summed E-state index contributed by atoms with van der Waals surface area (Å²) in [5.74, 6) is 0.916. The molecule has 112 valence electrons. The third kappa shape index (κ3) is 3.55. The first kappa shape index (κ1) is 14.8. The molecule has 0 aliphatic heterocycles. The first-order valence-corrected chi connectivity index (χ1v) is 8.40. The maximum Gasteiger partial charge on any atom is 0.255 e. The van der Waals surface area contributed by atoms with Crippen LogP contribution in [-0.4, -0.2) is 22.5 Å². The molecule has 0 aliphatic rings. The van der Waals surface area contributed by atoms with E-state index in [9.17, 15) is 4.79 Å². The van der Waals surface area contributed by atoms with Gasteiger partial charge in [0, 0.05) is 5.75 Å². The van der Waals surface area contributed by atoms with Crippen LogP contribution in [0.2, 0.25) is 0 Å². The number of nitrogens with zero attached hydrogens (tertiary/aromatic N) is 2. The van der Waals surface area contributed by atoms with Gasteiger partial charge in [0.15, 0.2) is 6.61 Å². The molecule has 1 aromatic carbocycles. The van der Waals surface area contributed by atoms with Crippen LogP contribution in [0.15, 0.2) is 47.1 Å². The summed E-state index contributed by atoms with van der Waals surface area (Å²) in [5, 5.41) is 2.99. The maximum atomic E-state index is 10.7. The van der Waals surface area contributed by atoms with E-state index in [1.807, 2.05) is 29.6 Å². The third-order valence-electron chi connectivity index (χ3n) is 2.87. The summed E-state index contributed by atoms with van der Waals surface area (Å²) in [7, 11) is 0. The second kappa shape index (κ2) is 6.76. The highest BCUT2D eigenvalue weighted by molar-refractivity contribution is 7.98. The lowest BCUT2D eigenvalue weighted by molar-refractivity contribution is -0.119. The molecule has 0 aliphatic carbocycles. The summed E-state index contributed by atoms with van der Waals surface area (Å²) in [6.45, 7) is -0.113. The number of rotatable bonds is 6. The van der Waals surface area contributed by atoms with E-state index in [4.69, 9.17) is 10.5 Å². The molecule has 7 heteroatoms. The van der Waals surface area contributed by atoms with Crippen LogP contribution in [-0.2, 0) is 10.5 Å². The van der Waals surface area contributed by atoms with E-state index in [0.29, 0.717) is 5.75 Å². The minimum absolute atomic E-state index is 0.113. The molecule has 0 saturated heterocycles. The van der Waals surface area contributed by atoms with Crippen molar-refractivity contribution in [3.05, 3.63) is 47.6 Å². The molecule has 1 amide bonds. The fraction of sp³-hybridized carbons (Fsp3) is 0.133. The first-order chi connectivity index (χ1) is 10.7. The van der Waals surface area contributed by atoms with Crippen molar-refractivity contribution in [2.24, 2.45) is 5.73 Å². The van der Waals surface area contributed by atoms with Crippen molar-refractivity contribution in [3.63, 3.8) is 0 Å². The van der Waals surface area contributed by atoms with Crippen molar-refractivity contribution < 1.29 is 9.53 Å². The minimum Gasteiger partial charge on any atom is -0.484 e. The molecular formula is C15H13N3O2S2. The summed E-state index contributed by atoms with van der Waals surface area (Å²) < 4.78 is 6.42. The second-order valence-electron chi connectivity index (χ2n) is 4.50. The highest BCUT2D eigenvalue weighted by atomic mass is 32.2. The Morgan fingerprint density at radius 3 is 3.09 bits per heavy atom. The quantitative estimate of drug-likeness (QED) is 0.555. The average Bonchev–Trinajstić information content (AvgIpc) is 3.00. The van der Waals surface area contributed by atoms with Gasteiger partial charge in [0.05, 0.1) is 10.2 Å². The molecule has 0 radical (unpaired) electrons. The van der Waals surface area contributed by atoms with Gasteiger partial charge in [-0.05, 0) is 29.1 Å². The van der Waals surface area contributed by atoms with Crippen LogP contribution >= 0.6 is 23.1 Å². The van der Waals surface area contributed by atoms with E-state index in [-0.39, 0.29) is 6.61 Å². The SMILES string of the molecule is NC(=O)COc1cccc(CSc2ncnc3ccsc23)c1. The third-order valence-corrected chi connectivity index (χ3v) is 4.97. The van der Waals surface area contributed by atoms with Crippen molar-refractivity contribution in [3.8, 4) is 5.75 Å². The molecule has 3 aromatic rings. The molecule has 22 heavy (non-hydrogen) atoms. The largest absolute Gasteiger partial charge is 0.484 e. The van der Waals surface area contributed by atoms with Crippen molar-refractivity contribution in [2.75, 3.05) is 6.61 Å². The highest BCUT2D eigenvalue weighted by Crippen LogP contribution is 2.31. The number of nitrogens with two attached hydrogens (primary N) is 1. The zero-order chi connectivity index (χ0) is 15.4. The number of carbonyl (C=O) groups is 1. The summed E-state index contributed by atoms with van der Waals surface area (Å²) >= 11 is 3.29. The number of thiophene rings is 1. The lowest BCUT2D eigenvalue weighted by Crippen LogP contribution is -2.20. The lowest BCUT2D eigenvalue weighted by atomic mass is 10.2. The lowest BCUT2D eigenvalue weighted by Gasteiger charge is -2.06. The molecular weight excluding hydrogens is 318 g/mol. The van der Waals surface area contributed by atoms with Gasteiger partial charge in [0.2, 0.25) is 0 Å². The Balaban J connectivity index is 1.70. The number of thioether (sulfide) groups is 1. The predicted octanol–water partition coefficient (Wildman–Crippen LogP) is 2.85. The van der Waals surface area contributed by atoms with Gasteiger partial charge >= 0.3 is 0 Å². The Hall–Kier alpha value is -2.12. The molecule has 2 aromatic heterocycles. The first-order valence-electron chi connectivity index (χ1n) is 6.53. The number of carbonyl (C=O) groups excluding carboxylic acids is 1. The Kier molecular flexibility index (Phi) is 4.55. The van der Waals surface area contributed by atoms with Crippen molar-refractivity contribution in [1.82, 2.24) is 9.97 Å². The fourth-order valence-corrected chi connectivity index (χ4v) is 3.79. The Bertz CT molecular complexity index is 804. The maximum absolute atomic E-state index is 10.7. The van der Waals surface area contributed by atoms with Crippen LogP contribution in [0.1, 0.15) is 5.56 Å². The number of benzene rings is 1. The van der Waals surface area contributed by atoms with E-state index in [0.717, 1.165) is 26.6 Å². The zero-order valence-corrected chi connectivity index (χ0v) is 13.2. The molecule has 0 atom stereocenters. The number of aromatic nitrogens is 2. The van der Waals surface area contributed by atoms with Crippen LogP contribution in [0.5, 0.6) is 5.75 Å². The number of hydrogen-bond donors (Lipinski definition) is 1. The standard InChI is InChI=1S/C15H13N3O2S2/c16-13(19)7-20-11-3-1-2-10(6-11)8-22-15-14-12(4-5-21-14)17-9-18-15/h1-6,9H,7-8H2,(H2,16,19). The molecule has 0 bridgehead atoms. The van der Waals surface area contributed by atoms with Crippen LogP contribution in [0, 0.1) is 0 Å². The van der Waals surface area contributed by atoms with Crippen LogP contribution in [0.3, 0.4) is 0 Å². The van der Waals surface area contributed by atoms with Gasteiger partial charge in [-0.25, -0.2) is 9.97 Å². The predicted molar refractivity (Wildman–Crippen MR) is 88.1 cm³/mol. The molecule has 0 saturated carbocycles. The van der Waals surface area contributed by atoms with Gasteiger partial charge in [-0.1, -0.05) is 12.1 Å². The highest BCUT2D eigenvalue weighted by Gasteiger charge is 2.06. The Morgan fingerprint density at radius 2 is 2.23 bits per heavy atom. The number of hydrogen-bond acceptors (Lipinski definition) is 6. The summed E-state index contributed by atoms with van der Waals surface area (Å²) in [5.41, 5.74) is 7.14. The second-order valence-corrected chi connectivity index (χ2v) is 6.39. The molecule has 2 N–H and O–H groups in total. The van der Waals surface area contributed by atoms with Gasteiger partial charge in [-0.15, -0.1) is 23.1 Å². The molecule has 0 unspecified atom stereocenters. The van der Waals surface area contributed by atoms with Crippen LogP contribution in [0.4, 0.5) is 0 Å².